The lowest BCUT2D eigenvalue weighted by molar-refractivity contribution is -0.185. The average Bonchev–Trinajstić information content (AvgIpc) is 2.64. The fourth-order valence-corrected chi connectivity index (χ4v) is 3.32. The molecule has 2 rings (SSSR count). The molecule has 1 atom stereocenters. The first-order valence-electron chi connectivity index (χ1n) is 8.61. The maximum Gasteiger partial charge on any atom is 0.371 e. The molecule has 0 saturated carbocycles. The standard InChI is InChI=1S/C20H23Cl2NO3.ClH/c1-4-23(5-2)20(19(24)25-6-3,15-10-8-7-9-11-15)26-18-13-12-16(21)14-17(18)22;/h7-14H,4-6H2,1-3H3;1H. The molecule has 0 radical (unpaired) electrons. The zero-order valence-electron chi connectivity index (χ0n) is 15.6. The van der Waals surface area contributed by atoms with Crippen LogP contribution in [0.25, 0.3) is 0 Å². The molecule has 0 aliphatic heterocycles. The molecule has 0 aliphatic rings. The van der Waals surface area contributed by atoms with Crippen molar-refractivity contribution in [3.63, 3.8) is 0 Å². The highest BCUT2D eigenvalue weighted by atomic mass is 35.5. The van der Waals surface area contributed by atoms with Gasteiger partial charge in [-0.3, -0.25) is 4.90 Å². The molecule has 4 nitrogen and oxygen atoms in total. The summed E-state index contributed by atoms with van der Waals surface area (Å²) < 4.78 is 11.7. The SMILES string of the molecule is CCOC(=O)C(Oc1ccc(Cl)cc1Cl)(c1ccccc1)N(CC)CC.Cl. The van der Waals surface area contributed by atoms with Gasteiger partial charge in [0.05, 0.1) is 11.6 Å². The molecule has 0 spiro atoms. The van der Waals surface area contributed by atoms with E-state index in [0.717, 1.165) is 0 Å². The molecule has 0 aliphatic carbocycles. The van der Waals surface area contributed by atoms with Crippen molar-refractivity contribution in [3.05, 3.63) is 64.1 Å². The second-order valence-corrected chi connectivity index (χ2v) is 6.42. The fourth-order valence-electron chi connectivity index (χ4n) is 2.87. The van der Waals surface area contributed by atoms with Crippen molar-refractivity contribution in [1.29, 1.82) is 0 Å². The fraction of sp³-hybridized carbons (Fsp3) is 0.350. The predicted molar refractivity (Wildman–Crippen MR) is 112 cm³/mol. The Labute approximate surface area is 176 Å². The zero-order valence-corrected chi connectivity index (χ0v) is 17.9. The lowest BCUT2D eigenvalue weighted by Gasteiger charge is -2.41. The number of halogens is 3. The molecule has 2 aromatic rings. The molecule has 2 aromatic carbocycles. The van der Waals surface area contributed by atoms with Gasteiger partial charge in [-0.1, -0.05) is 67.4 Å². The first-order valence-corrected chi connectivity index (χ1v) is 9.37. The first-order chi connectivity index (χ1) is 12.5. The van der Waals surface area contributed by atoms with E-state index in [-0.39, 0.29) is 19.0 Å². The summed E-state index contributed by atoms with van der Waals surface area (Å²) in [6.07, 6.45) is 0. The number of hydrogen-bond acceptors (Lipinski definition) is 4. The molecule has 7 heteroatoms. The van der Waals surface area contributed by atoms with Gasteiger partial charge in [-0.25, -0.2) is 4.79 Å². The molecule has 0 N–H and O–H groups in total. The van der Waals surface area contributed by atoms with E-state index in [1.54, 1.807) is 25.1 Å². The minimum Gasteiger partial charge on any atom is -0.462 e. The number of nitrogens with zero attached hydrogens (tertiary/aromatic N) is 1. The molecule has 0 heterocycles. The van der Waals surface area contributed by atoms with Crippen LogP contribution in [0.5, 0.6) is 5.75 Å². The van der Waals surface area contributed by atoms with Crippen molar-refractivity contribution >= 4 is 41.6 Å². The van der Waals surface area contributed by atoms with Crippen molar-refractivity contribution in [2.75, 3.05) is 19.7 Å². The lowest BCUT2D eigenvalue weighted by Crippen LogP contribution is -2.57. The normalized spacial score (nSPS) is 12.8. The molecule has 0 saturated heterocycles. The highest BCUT2D eigenvalue weighted by Gasteiger charge is 2.49. The molecule has 148 valence electrons. The summed E-state index contributed by atoms with van der Waals surface area (Å²) in [5, 5.41) is 0.820. The monoisotopic (exact) mass is 431 g/mol. The number of rotatable bonds is 8. The molecule has 1 unspecified atom stereocenters. The minimum atomic E-state index is -1.45. The Bertz CT molecular complexity index is 739. The second kappa shape index (κ2) is 10.8. The summed E-state index contributed by atoms with van der Waals surface area (Å²) in [4.78, 5) is 15.1. The van der Waals surface area contributed by atoms with Crippen LogP contribution in [0.3, 0.4) is 0 Å². The van der Waals surface area contributed by atoms with Gasteiger partial charge < -0.3 is 9.47 Å². The van der Waals surface area contributed by atoms with Crippen molar-refractivity contribution in [2.24, 2.45) is 0 Å². The average molecular weight is 433 g/mol. The Morgan fingerprint density at radius 2 is 1.67 bits per heavy atom. The molecular weight excluding hydrogens is 409 g/mol. The van der Waals surface area contributed by atoms with E-state index in [9.17, 15) is 4.79 Å². The summed E-state index contributed by atoms with van der Waals surface area (Å²) in [5.41, 5.74) is -0.772. The van der Waals surface area contributed by atoms with E-state index in [0.29, 0.717) is 34.4 Å². The quantitative estimate of drug-likeness (QED) is 0.405. The maximum absolute atomic E-state index is 13.1. The molecule has 0 amide bonds. The van der Waals surface area contributed by atoms with Crippen LogP contribution in [0.2, 0.25) is 10.0 Å². The molecule has 0 fully saturated rings. The van der Waals surface area contributed by atoms with Crippen molar-refractivity contribution < 1.29 is 14.3 Å². The Morgan fingerprint density at radius 3 is 2.19 bits per heavy atom. The van der Waals surface area contributed by atoms with Crippen molar-refractivity contribution in [3.8, 4) is 5.75 Å². The third-order valence-corrected chi connectivity index (χ3v) is 4.61. The number of likely N-dealkylation sites (N-methyl/N-ethyl adjacent to an activating group) is 1. The number of benzene rings is 2. The van der Waals surface area contributed by atoms with Crippen LogP contribution in [0.15, 0.2) is 48.5 Å². The Kier molecular flexibility index (Phi) is 9.40. The van der Waals surface area contributed by atoms with Gasteiger partial charge in [0.1, 0.15) is 5.75 Å². The van der Waals surface area contributed by atoms with Crippen molar-refractivity contribution in [2.45, 2.75) is 26.5 Å². The summed E-state index contributed by atoms with van der Waals surface area (Å²) in [7, 11) is 0. The Balaban J connectivity index is 0.00000364. The van der Waals surface area contributed by atoms with Gasteiger partial charge >= 0.3 is 5.97 Å². The number of carbonyl (C=O) groups is 1. The first kappa shape index (κ1) is 23.6. The van der Waals surface area contributed by atoms with E-state index >= 15 is 0 Å². The summed E-state index contributed by atoms with van der Waals surface area (Å²) in [6.45, 7) is 7.10. The van der Waals surface area contributed by atoms with Crippen LogP contribution in [0, 0.1) is 0 Å². The van der Waals surface area contributed by atoms with E-state index < -0.39 is 11.7 Å². The summed E-state index contributed by atoms with van der Waals surface area (Å²) in [6, 6.07) is 14.2. The van der Waals surface area contributed by atoms with E-state index in [1.807, 2.05) is 49.1 Å². The van der Waals surface area contributed by atoms with E-state index in [2.05, 4.69) is 0 Å². The predicted octanol–water partition coefficient (Wildman–Crippen LogP) is 5.55. The summed E-state index contributed by atoms with van der Waals surface area (Å²) in [5.74, 6) is -0.124. The van der Waals surface area contributed by atoms with E-state index in [4.69, 9.17) is 32.7 Å². The lowest BCUT2D eigenvalue weighted by atomic mass is 10.00. The topological polar surface area (TPSA) is 38.8 Å². The largest absolute Gasteiger partial charge is 0.462 e. The van der Waals surface area contributed by atoms with Crippen LogP contribution < -0.4 is 4.74 Å². The van der Waals surface area contributed by atoms with Gasteiger partial charge in [-0.05, 0) is 38.2 Å². The molecular formula is C20H24Cl3NO3. The van der Waals surface area contributed by atoms with Crippen LogP contribution in [-0.2, 0) is 15.3 Å². The third kappa shape index (κ3) is 5.08. The van der Waals surface area contributed by atoms with Gasteiger partial charge in [0.25, 0.3) is 5.72 Å². The third-order valence-electron chi connectivity index (χ3n) is 4.08. The van der Waals surface area contributed by atoms with Crippen LogP contribution in [0.4, 0.5) is 0 Å². The Morgan fingerprint density at radius 1 is 1.04 bits per heavy atom. The molecule has 27 heavy (non-hydrogen) atoms. The van der Waals surface area contributed by atoms with Gasteiger partial charge in [0, 0.05) is 10.6 Å². The highest BCUT2D eigenvalue weighted by Crippen LogP contribution is 2.37. The van der Waals surface area contributed by atoms with Crippen LogP contribution >= 0.6 is 35.6 Å². The molecule has 0 aromatic heterocycles. The maximum atomic E-state index is 13.1. The summed E-state index contributed by atoms with van der Waals surface area (Å²) >= 11 is 12.3. The smallest absolute Gasteiger partial charge is 0.371 e. The van der Waals surface area contributed by atoms with Gasteiger partial charge in [0.2, 0.25) is 0 Å². The van der Waals surface area contributed by atoms with Crippen LogP contribution in [-0.4, -0.2) is 30.6 Å². The number of ether oxygens (including phenoxy) is 2. The minimum absolute atomic E-state index is 0. The second-order valence-electron chi connectivity index (χ2n) is 5.58. The number of hydrogen-bond donors (Lipinski definition) is 0. The molecule has 0 bridgehead atoms. The van der Waals surface area contributed by atoms with Gasteiger partial charge in [-0.2, -0.15) is 0 Å². The van der Waals surface area contributed by atoms with Gasteiger partial charge in [-0.15, -0.1) is 12.4 Å². The number of carbonyl (C=O) groups excluding carboxylic acids is 1. The highest BCUT2D eigenvalue weighted by molar-refractivity contribution is 6.35. The van der Waals surface area contributed by atoms with Crippen LogP contribution in [0.1, 0.15) is 26.3 Å². The van der Waals surface area contributed by atoms with E-state index in [1.165, 1.54) is 0 Å². The number of esters is 1. The zero-order chi connectivity index (χ0) is 19.2. The van der Waals surface area contributed by atoms with Gasteiger partial charge in [0.15, 0.2) is 0 Å². The van der Waals surface area contributed by atoms with Crippen molar-refractivity contribution in [1.82, 2.24) is 4.90 Å². The Hall–Kier alpha value is -1.46.